The number of carboxylic acid groups (broad SMARTS) is 1. The molecule has 2 aliphatic rings. The normalized spacial score (nSPS) is 18.7. The van der Waals surface area contributed by atoms with Gasteiger partial charge in [0.25, 0.3) is 11.8 Å². The minimum absolute atomic E-state index is 0.0398. The molecular formula is C24H27F2N3O4. The highest BCUT2D eigenvalue weighted by atomic mass is 19.3. The number of ether oxygens (including phenoxy) is 1. The predicted molar refractivity (Wildman–Crippen MR) is 118 cm³/mol. The van der Waals surface area contributed by atoms with Crippen LogP contribution in [0.5, 0.6) is 5.88 Å². The van der Waals surface area contributed by atoms with Crippen molar-refractivity contribution in [3.63, 3.8) is 0 Å². The average Bonchev–Trinajstić information content (AvgIpc) is 3.60. The van der Waals surface area contributed by atoms with Crippen molar-refractivity contribution in [3.8, 4) is 5.88 Å². The zero-order chi connectivity index (χ0) is 23.6. The zero-order valence-electron chi connectivity index (χ0n) is 18.3. The number of hydrogen-bond acceptors (Lipinski definition) is 5. The highest BCUT2D eigenvalue weighted by Crippen LogP contribution is 2.38. The molecule has 1 saturated carbocycles. The molecule has 7 nitrogen and oxygen atoms in total. The van der Waals surface area contributed by atoms with Gasteiger partial charge >= 0.3 is 5.97 Å². The molecule has 2 fully saturated rings. The largest absolute Gasteiger partial charge is 0.481 e. The highest BCUT2D eigenvalue weighted by Gasteiger charge is 2.45. The standard InChI is InChI=1S/C24H27F2N3O4/c1-2-17(23(31)32)20(16-6-4-3-5-7-16)28-21(30)18-10-11-19(29-13-24(25,26)14-29)22(27-18)33-12-15-8-9-15/h3-7,10-11,15,17,20H,2,8-9,12-14H2,1H3,(H,28,30)(H,31,32). The molecule has 33 heavy (non-hydrogen) atoms. The van der Waals surface area contributed by atoms with Crippen LogP contribution in [0.2, 0.25) is 0 Å². The molecule has 1 aliphatic carbocycles. The van der Waals surface area contributed by atoms with Crippen LogP contribution in [0.3, 0.4) is 0 Å². The van der Waals surface area contributed by atoms with Gasteiger partial charge in [0, 0.05) is 0 Å². The van der Waals surface area contributed by atoms with Gasteiger partial charge in [0.05, 0.1) is 31.7 Å². The van der Waals surface area contributed by atoms with Crippen LogP contribution in [0.1, 0.15) is 48.3 Å². The third-order valence-corrected chi connectivity index (χ3v) is 6.02. The molecule has 2 N–H and O–H groups in total. The number of aromatic nitrogens is 1. The summed E-state index contributed by atoms with van der Waals surface area (Å²) in [6.45, 7) is 1.32. The van der Waals surface area contributed by atoms with E-state index < -0.39 is 42.8 Å². The molecule has 1 saturated heterocycles. The fourth-order valence-corrected chi connectivity index (χ4v) is 3.91. The van der Waals surface area contributed by atoms with Crippen molar-refractivity contribution in [2.45, 2.75) is 38.2 Å². The lowest BCUT2D eigenvalue weighted by Gasteiger charge is -2.40. The summed E-state index contributed by atoms with van der Waals surface area (Å²) < 4.78 is 32.6. The fourth-order valence-electron chi connectivity index (χ4n) is 3.91. The van der Waals surface area contributed by atoms with Crippen molar-refractivity contribution < 1.29 is 28.2 Å². The van der Waals surface area contributed by atoms with E-state index in [4.69, 9.17) is 4.74 Å². The number of carboxylic acids is 1. The number of rotatable bonds is 10. The zero-order valence-corrected chi connectivity index (χ0v) is 18.3. The SMILES string of the molecule is CCC(C(=O)O)C(NC(=O)c1ccc(N2CC(F)(F)C2)c(OCC2CC2)n1)c1ccccc1. The number of amides is 1. The summed E-state index contributed by atoms with van der Waals surface area (Å²) in [6.07, 6.45) is 2.41. The lowest BCUT2D eigenvalue weighted by atomic mass is 9.90. The molecule has 0 spiro atoms. The number of aliphatic carboxylic acids is 1. The first-order valence-corrected chi connectivity index (χ1v) is 11.1. The van der Waals surface area contributed by atoms with Crippen LogP contribution in [-0.2, 0) is 4.79 Å². The second kappa shape index (κ2) is 9.33. The van der Waals surface area contributed by atoms with Crippen molar-refractivity contribution in [1.82, 2.24) is 10.3 Å². The van der Waals surface area contributed by atoms with Gasteiger partial charge in [-0.15, -0.1) is 0 Å². The summed E-state index contributed by atoms with van der Waals surface area (Å²) in [5.41, 5.74) is 1.14. The highest BCUT2D eigenvalue weighted by molar-refractivity contribution is 5.93. The van der Waals surface area contributed by atoms with Crippen LogP contribution in [0.4, 0.5) is 14.5 Å². The summed E-state index contributed by atoms with van der Waals surface area (Å²) >= 11 is 0. The number of pyridine rings is 1. The molecule has 2 aromatic rings. The Morgan fingerprint density at radius 2 is 1.91 bits per heavy atom. The van der Waals surface area contributed by atoms with Gasteiger partial charge in [0.2, 0.25) is 5.88 Å². The van der Waals surface area contributed by atoms with Gasteiger partial charge in [0.15, 0.2) is 0 Å². The number of nitrogens with one attached hydrogen (secondary N) is 1. The molecule has 9 heteroatoms. The second-order valence-corrected chi connectivity index (χ2v) is 8.70. The lowest BCUT2D eigenvalue weighted by Crippen LogP contribution is -2.56. The van der Waals surface area contributed by atoms with Crippen LogP contribution in [0, 0.1) is 11.8 Å². The van der Waals surface area contributed by atoms with Crippen LogP contribution < -0.4 is 15.0 Å². The number of benzene rings is 1. The van der Waals surface area contributed by atoms with E-state index in [1.165, 1.54) is 11.0 Å². The predicted octanol–water partition coefficient (Wildman–Crippen LogP) is 3.91. The third kappa shape index (κ3) is 5.40. The molecule has 2 atom stereocenters. The van der Waals surface area contributed by atoms with Gasteiger partial charge in [-0.25, -0.2) is 13.8 Å². The Balaban J connectivity index is 1.57. The molecule has 1 aromatic carbocycles. The minimum atomic E-state index is -2.75. The Bertz CT molecular complexity index is 1010. The summed E-state index contributed by atoms with van der Waals surface area (Å²) in [7, 11) is 0. The van der Waals surface area contributed by atoms with E-state index >= 15 is 0 Å². The monoisotopic (exact) mass is 459 g/mol. The fraction of sp³-hybridized carbons (Fsp3) is 0.458. The van der Waals surface area contributed by atoms with Gasteiger partial charge in [-0.2, -0.15) is 0 Å². The first-order valence-electron chi connectivity index (χ1n) is 11.1. The molecule has 1 amide bonds. The second-order valence-electron chi connectivity index (χ2n) is 8.70. The van der Waals surface area contributed by atoms with Crippen molar-refractivity contribution in [3.05, 3.63) is 53.7 Å². The van der Waals surface area contributed by atoms with E-state index in [9.17, 15) is 23.5 Å². The van der Waals surface area contributed by atoms with Crippen molar-refractivity contribution in [1.29, 1.82) is 0 Å². The summed E-state index contributed by atoms with van der Waals surface area (Å²) in [6, 6.07) is 11.2. The number of nitrogens with zero attached hydrogens (tertiary/aromatic N) is 2. The molecule has 2 unspecified atom stereocenters. The maximum absolute atomic E-state index is 13.4. The van der Waals surface area contributed by atoms with E-state index in [-0.39, 0.29) is 11.6 Å². The lowest BCUT2D eigenvalue weighted by molar-refractivity contribution is -0.142. The Morgan fingerprint density at radius 1 is 1.21 bits per heavy atom. The summed E-state index contributed by atoms with van der Waals surface area (Å²) in [4.78, 5) is 30.7. The van der Waals surface area contributed by atoms with E-state index in [1.54, 1.807) is 37.3 Å². The number of alkyl halides is 2. The molecular weight excluding hydrogens is 432 g/mol. The van der Waals surface area contributed by atoms with Crippen molar-refractivity contribution in [2.24, 2.45) is 11.8 Å². The Kier molecular flexibility index (Phi) is 6.49. The molecule has 176 valence electrons. The molecule has 0 radical (unpaired) electrons. The summed E-state index contributed by atoms with van der Waals surface area (Å²) in [5.74, 6) is -4.59. The maximum atomic E-state index is 13.4. The molecule has 4 rings (SSSR count). The van der Waals surface area contributed by atoms with Crippen LogP contribution >= 0.6 is 0 Å². The van der Waals surface area contributed by atoms with Gasteiger partial charge < -0.3 is 20.1 Å². The van der Waals surface area contributed by atoms with E-state index in [0.29, 0.717) is 30.2 Å². The number of halogens is 2. The maximum Gasteiger partial charge on any atom is 0.308 e. The van der Waals surface area contributed by atoms with E-state index in [0.717, 1.165) is 12.8 Å². The smallest absolute Gasteiger partial charge is 0.308 e. The average molecular weight is 459 g/mol. The van der Waals surface area contributed by atoms with Gasteiger partial charge in [0.1, 0.15) is 11.4 Å². The first kappa shape index (κ1) is 22.9. The van der Waals surface area contributed by atoms with Crippen LogP contribution in [0.25, 0.3) is 0 Å². The third-order valence-electron chi connectivity index (χ3n) is 6.02. The van der Waals surface area contributed by atoms with Gasteiger partial charge in [-0.3, -0.25) is 9.59 Å². The number of anilines is 1. The van der Waals surface area contributed by atoms with E-state index in [2.05, 4.69) is 10.3 Å². The molecule has 1 aromatic heterocycles. The quantitative estimate of drug-likeness (QED) is 0.560. The Morgan fingerprint density at radius 3 is 2.48 bits per heavy atom. The summed E-state index contributed by atoms with van der Waals surface area (Å²) in [5, 5.41) is 12.5. The van der Waals surface area contributed by atoms with Crippen LogP contribution in [0.15, 0.2) is 42.5 Å². The number of carbonyl (C=O) groups is 2. The Hall–Kier alpha value is -3.23. The Labute approximate surface area is 190 Å². The van der Waals surface area contributed by atoms with Gasteiger partial charge in [-0.1, -0.05) is 37.3 Å². The van der Waals surface area contributed by atoms with Crippen molar-refractivity contribution in [2.75, 3.05) is 24.6 Å². The van der Waals surface area contributed by atoms with Crippen molar-refractivity contribution >= 4 is 17.6 Å². The van der Waals surface area contributed by atoms with E-state index in [1.807, 2.05) is 6.07 Å². The molecule has 2 heterocycles. The first-order chi connectivity index (χ1) is 15.8. The van der Waals surface area contributed by atoms with Gasteiger partial charge in [-0.05, 0) is 42.9 Å². The van der Waals surface area contributed by atoms with Crippen LogP contribution in [-0.4, -0.2) is 47.6 Å². The minimum Gasteiger partial charge on any atom is -0.481 e. The molecule has 1 aliphatic heterocycles. The topological polar surface area (TPSA) is 91.8 Å². The number of carbonyl (C=O) groups excluding carboxylic acids is 1. The molecule has 0 bridgehead atoms. The number of hydrogen-bond donors (Lipinski definition) is 2.